The van der Waals surface area contributed by atoms with Gasteiger partial charge in [-0.15, -0.1) is 15.3 Å². The third-order valence-electron chi connectivity index (χ3n) is 4.76. The number of benzene rings is 2. The maximum absolute atomic E-state index is 12.2. The monoisotopic (exact) mass is 469 g/mol. The van der Waals surface area contributed by atoms with Crippen molar-refractivity contribution in [2.45, 2.75) is 5.75 Å². The van der Waals surface area contributed by atoms with Crippen LogP contribution in [0, 0.1) is 0 Å². The molecule has 172 valence electrons. The summed E-state index contributed by atoms with van der Waals surface area (Å²) in [6.07, 6.45) is 0. The van der Waals surface area contributed by atoms with Gasteiger partial charge in [-0.3, -0.25) is 0 Å². The Labute approximate surface area is 191 Å². The zero-order valence-electron chi connectivity index (χ0n) is 18.1. The van der Waals surface area contributed by atoms with Gasteiger partial charge in [0, 0.05) is 18.7 Å². The molecule has 0 fully saturated rings. The molecule has 0 atom stereocenters. The fraction of sp³-hybridized carbons (Fsp3) is 0.227. The number of fused-ring (bicyclic) bond motifs is 1. The minimum atomic E-state index is -3.47. The van der Waals surface area contributed by atoms with Crippen molar-refractivity contribution < 1.29 is 22.6 Å². The minimum Gasteiger partial charge on any atom is -0.497 e. The van der Waals surface area contributed by atoms with Gasteiger partial charge in [0.05, 0.1) is 25.5 Å². The van der Waals surface area contributed by atoms with Crippen LogP contribution in [-0.4, -0.2) is 55.6 Å². The molecule has 10 nitrogen and oxygen atoms in total. The lowest BCUT2D eigenvalue weighted by molar-refractivity contribution is 0.306. The summed E-state index contributed by atoms with van der Waals surface area (Å²) in [5, 5.41) is 12.8. The highest BCUT2D eigenvalue weighted by atomic mass is 32.2. The fourth-order valence-electron chi connectivity index (χ4n) is 3.20. The Morgan fingerprint density at radius 2 is 1.79 bits per heavy atom. The first-order valence-electron chi connectivity index (χ1n) is 10.1. The van der Waals surface area contributed by atoms with E-state index in [0.29, 0.717) is 40.0 Å². The van der Waals surface area contributed by atoms with Gasteiger partial charge >= 0.3 is 0 Å². The van der Waals surface area contributed by atoms with Crippen molar-refractivity contribution in [1.29, 1.82) is 0 Å². The lowest BCUT2D eigenvalue weighted by Crippen LogP contribution is -2.29. The van der Waals surface area contributed by atoms with Crippen molar-refractivity contribution in [3.63, 3.8) is 0 Å². The van der Waals surface area contributed by atoms with Crippen molar-refractivity contribution >= 4 is 15.7 Å². The van der Waals surface area contributed by atoms with E-state index < -0.39 is 10.0 Å². The van der Waals surface area contributed by atoms with Crippen LogP contribution in [0.2, 0.25) is 0 Å². The lowest BCUT2D eigenvalue weighted by atomic mass is 10.2. The van der Waals surface area contributed by atoms with Gasteiger partial charge in [0.15, 0.2) is 11.5 Å². The highest BCUT2D eigenvalue weighted by Crippen LogP contribution is 2.32. The minimum absolute atomic E-state index is 0.0915. The molecule has 0 aliphatic rings. The second-order valence-electron chi connectivity index (χ2n) is 7.02. The van der Waals surface area contributed by atoms with E-state index in [-0.39, 0.29) is 18.9 Å². The molecule has 4 aromatic rings. The highest BCUT2D eigenvalue weighted by Gasteiger charge is 2.16. The Hall–Kier alpha value is -3.70. The standard InChI is InChI=1S/C22H23N5O5S/c1-30-17-8-9-18(19(14-17)31-2)22-25-24-20-10-11-21(26-27(20)22)32-13-12-23-33(28,29)15-16-6-4-3-5-7-16/h3-11,14,23H,12-13,15H2,1-2H3. The van der Waals surface area contributed by atoms with Gasteiger partial charge in [0.25, 0.3) is 0 Å². The van der Waals surface area contributed by atoms with Crippen molar-refractivity contribution in [2.75, 3.05) is 27.4 Å². The molecule has 2 heterocycles. The van der Waals surface area contributed by atoms with Gasteiger partial charge in [0.1, 0.15) is 18.1 Å². The Kier molecular flexibility index (Phi) is 6.71. The van der Waals surface area contributed by atoms with Gasteiger partial charge in [-0.05, 0) is 23.8 Å². The largest absolute Gasteiger partial charge is 0.497 e. The smallest absolute Gasteiger partial charge is 0.231 e. The van der Waals surface area contributed by atoms with E-state index in [9.17, 15) is 8.42 Å². The molecule has 0 bridgehead atoms. The molecule has 0 aliphatic heterocycles. The molecule has 0 saturated heterocycles. The van der Waals surface area contributed by atoms with Crippen LogP contribution in [0.5, 0.6) is 17.4 Å². The third kappa shape index (κ3) is 5.38. The number of nitrogens with zero attached hydrogens (tertiary/aromatic N) is 4. The summed E-state index contributed by atoms with van der Waals surface area (Å²) in [5.41, 5.74) is 1.93. The number of rotatable bonds is 10. The number of hydrogen-bond donors (Lipinski definition) is 1. The van der Waals surface area contributed by atoms with Crippen LogP contribution in [0.4, 0.5) is 0 Å². The van der Waals surface area contributed by atoms with E-state index in [0.717, 1.165) is 0 Å². The topological polar surface area (TPSA) is 117 Å². The lowest BCUT2D eigenvalue weighted by Gasteiger charge is -2.10. The maximum Gasteiger partial charge on any atom is 0.231 e. The zero-order chi connectivity index (χ0) is 23.3. The summed E-state index contributed by atoms with van der Waals surface area (Å²) in [7, 11) is -0.336. The SMILES string of the molecule is COc1ccc(-c2nnc3ccc(OCCNS(=O)(=O)Cc4ccccc4)nn23)c(OC)c1. The molecule has 33 heavy (non-hydrogen) atoms. The fourth-order valence-corrected chi connectivity index (χ4v) is 4.33. The van der Waals surface area contributed by atoms with Gasteiger partial charge in [-0.1, -0.05) is 30.3 Å². The molecule has 11 heteroatoms. The molecule has 4 rings (SSSR count). The number of sulfonamides is 1. The van der Waals surface area contributed by atoms with E-state index in [1.54, 1.807) is 67.3 Å². The second kappa shape index (κ2) is 9.84. The van der Waals surface area contributed by atoms with E-state index in [4.69, 9.17) is 14.2 Å². The summed E-state index contributed by atoms with van der Waals surface area (Å²) >= 11 is 0. The van der Waals surface area contributed by atoms with Gasteiger partial charge < -0.3 is 14.2 Å². The number of nitrogens with one attached hydrogen (secondary N) is 1. The average Bonchev–Trinajstić information content (AvgIpc) is 3.25. The molecule has 2 aromatic carbocycles. The molecule has 0 saturated carbocycles. The molecule has 0 unspecified atom stereocenters. The van der Waals surface area contributed by atoms with E-state index in [1.807, 2.05) is 12.1 Å². The quantitative estimate of drug-likeness (QED) is 0.352. The van der Waals surface area contributed by atoms with Crippen molar-refractivity contribution in [2.24, 2.45) is 0 Å². The molecule has 0 aliphatic carbocycles. The molecule has 0 amide bonds. The van der Waals surface area contributed by atoms with Gasteiger partial charge in [-0.2, -0.15) is 4.52 Å². The number of hydrogen-bond acceptors (Lipinski definition) is 8. The molecular weight excluding hydrogens is 446 g/mol. The van der Waals surface area contributed by atoms with E-state index in [2.05, 4.69) is 20.0 Å². The third-order valence-corrected chi connectivity index (χ3v) is 6.12. The van der Waals surface area contributed by atoms with Crippen molar-refractivity contribution in [3.8, 4) is 28.8 Å². The summed E-state index contributed by atoms with van der Waals surface area (Å²) in [6, 6.07) is 17.7. The molecule has 1 N–H and O–H groups in total. The molecule has 0 spiro atoms. The molecule has 2 aromatic heterocycles. The second-order valence-corrected chi connectivity index (χ2v) is 8.83. The Morgan fingerprint density at radius 1 is 0.970 bits per heavy atom. The Morgan fingerprint density at radius 3 is 2.55 bits per heavy atom. The van der Waals surface area contributed by atoms with Crippen molar-refractivity contribution in [1.82, 2.24) is 24.5 Å². The maximum atomic E-state index is 12.2. The van der Waals surface area contributed by atoms with Crippen molar-refractivity contribution in [3.05, 3.63) is 66.2 Å². The van der Waals surface area contributed by atoms with Crippen LogP contribution in [0.25, 0.3) is 17.0 Å². The first-order chi connectivity index (χ1) is 16.0. The first-order valence-corrected chi connectivity index (χ1v) is 11.7. The highest BCUT2D eigenvalue weighted by molar-refractivity contribution is 7.88. The average molecular weight is 470 g/mol. The van der Waals surface area contributed by atoms with Crippen LogP contribution in [0.3, 0.4) is 0 Å². The summed E-state index contributed by atoms with van der Waals surface area (Å²) in [5.74, 6) is 1.89. The summed E-state index contributed by atoms with van der Waals surface area (Å²) < 4.78 is 44.9. The Bertz CT molecular complexity index is 1340. The van der Waals surface area contributed by atoms with Crippen LogP contribution in [0.1, 0.15) is 5.56 Å². The first kappa shape index (κ1) is 22.5. The predicted octanol–water partition coefficient (Wildman–Crippen LogP) is 2.31. The van der Waals surface area contributed by atoms with Gasteiger partial charge in [0.2, 0.25) is 15.9 Å². The Balaban J connectivity index is 1.44. The molecule has 0 radical (unpaired) electrons. The zero-order valence-corrected chi connectivity index (χ0v) is 18.9. The van der Waals surface area contributed by atoms with Crippen LogP contribution < -0.4 is 18.9 Å². The number of ether oxygens (including phenoxy) is 3. The van der Waals surface area contributed by atoms with E-state index >= 15 is 0 Å². The van der Waals surface area contributed by atoms with Crippen LogP contribution in [0.15, 0.2) is 60.7 Å². The number of aromatic nitrogens is 4. The van der Waals surface area contributed by atoms with Gasteiger partial charge in [-0.25, -0.2) is 13.1 Å². The summed E-state index contributed by atoms with van der Waals surface area (Å²) in [6.45, 7) is 0.214. The summed E-state index contributed by atoms with van der Waals surface area (Å²) in [4.78, 5) is 0. The molecular formula is C22H23N5O5S. The normalized spacial score (nSPS) is 11.5. The predicted molar refractivity (Wildman–Crippen MR) is 122 cm³/mol. The van der Waals surface area contributed by atoms with Crippen LogP contribution in [-0.2, 0) is 15.8 Å². The van der Waals surface area contributed by atoms with E-state index in [1.165, 1.54) is 0 Å². The van der Waals surface area contributed by atoms with Crippen LogP contribution >= 0.6 is 0 Å². The number of methoxy groups -OCH3 is 2.